The molecule has 0 spiro atoms. The maximum Gasteiger partial charge on any atom is 0.289 e. The first-order chi connectivity index (χ1) is 20.8. The first-order valence-electron chi connectivity index (χ1n) is 14.5. The van der Waals surface area contributed by atoms with Gasteiger partial charge in [0.25, 0.3) is 11.8 Å². The molecule has 4 aromatic rings. The van der Waals surface area contributed by atoms with Gasteiger partial charge in [0.1, 0.15) is 17.1 Å². The highest BCUT2D eigenvalue weighted by atomic mass is 16.5. The predicted octanol–water partition coefficient (Wildman–Crippen LogP) is 4.68. The predicted molar refractivity (Wildman–Crippen MR) is 159 cm³/mol. The molecular weight excluding hydrogens is 548 g/mol. The van der Waals surface area contributed by atoms with Gasteiger partial charge in [0, 0.05) is 43.2 Å². The van der Waals surface area contributed by atoms with Crippen molar-refractivity contribution < 1.29 is 28.3 Å². The summed E-state index contributed by atoms with van der Waals surface area (Å²) in [5.74, 6) is 0.682. The van der Waals surface area contributed by atoms with Gasteiger partial charge in [0.05, 0.1) is 30.5 Å². The Balaban J connectivity index is 1.22. The summed E-state index contributed by atoms with van der Waals surface area (Å²) in [6, 6.07) is 14.6. The lowest BCUT2D eigenvalue weighted by atomic mass is 10.0. The maximum absolute atomic E-state index is 13.7. The molecule has 2 N–H and O–H groups in total. The molecule has 0 aliphatic carbocycles. The number of rotatable bonds is 1. The van der Waals surface area contributed by atoms with Gasteiger partial charge in [-0.2, -0.15) is 0 Å². The van der Waals surface area contributed by atoms with Crippen molar-refractivity contribution in [3.05, 3.63) is 88.9 Å². The van der Waals surface area contributed by atoms with Gasteiger partial charge in [-0.3, -0.25) is 19.4 Å². The van der Waals surface area contributed by atoms with E-state index < -0.39 is 6.04 Å². The third kappa shape index (κ3) is 6.39. The number of ether oxygens (including phenoxy) is 2. The lowest BCUT2D eigenvalue weighted by Crippen LogP contribution is -2.57. The van der Waals surface area contributed by atoms with E-state index in [0.29, 0.717) is 60.9 Å². The van der Waals surface area contributed by atoms with E-state index >= 15 is 0 Å². The van der Waals surface area contributed by atoms with Crippen molar-refractivity contribution in [2.24, 2.45) is 0 Å². The molecule has 2 atom stereocenters. The zero-order chi connectivity index (χ0) is 29.9. The number of carbonyl (C=O) groups excluding carboxylic acids is 3. The first-order valence-corrected chi connectivity index (χ1v) is 14.5. The number of nitrogens with zero attached hydrogens (tertiary/aromatic N) is 2. The summed E-state index contributed by atoms with van der Waals surface area (Å²) in [6.07, 6.45) is 3.92. The number of aryl methyl sites for hydroxylation is 2. The fourth-order valence-electron chi connectivity index (χ4n) is 5.60. The average molecular weight is 583 g/mol. The number of nitrogens with one attached hydrogen (secondary N) is 2. The summed E-state index contributed by atoms with van der Waals surface area (Å²) in [4.78, 5) is 45.2. The molecule has 0 unspecified atom stereocenters. The summed E-state index contributed by atoms with van der Waals surface area (Å²) in [5.41, 5.74) is 3.80. The number of hydrogen-bond donors (Lipinski definition) is 2. The average Bonchev–Trinajstić information content (AvgIpc) is 3.33. The van der Waals surface area contributed by atoms with Gasteiger partial charge in [-0.05, 0) is 62.1 Å². The largest absolute Gasteiger partial charge is 0.456 e. The molecule has 2 aliphatic heterocycles. The Labute approximate surface area is 249 Å². The topological polar surface area (TPSA) is 123 Å². The molecule has 2 aromatic heterocycles. The van der Waals surface area contributed by atoms with Gasteiger partial charge in [-0.15, -0.1) is 0 Å². The number of amides is 3. The van der Waals surface area contributed by atoms with Gasteiger partial charge in [-0.25, -0.2) is 0 Å². The van der Waals surface area contributed by atoms with E-state index in [1.807, 2.05) is 56.3 Å². The van der Waals surface area contributed by atoms with Gasteiger partial charge < -0.3 is 29.4 Å². The summed E-state index contributed by atoms with van der Waals surface area (Å²) < 4.78 is 18.4. The molecule has 3 amide bonds. The highest BCUT2D eigenvalue weighted by molar-refractivity contribution is 5.99. The molecule has 222 valence electrons. The van der Waals surface area contributed by atoms with E-state index in [1.165, 1.54) is 6.20 Å². The number of piperidine rings is 1. The Morgan fingerprint density at radius 1 is 1.05 bits per heavy atom. The number of carbonyl (C=O) groups is 3. The quantitative estimate of drug-likeness (QED) is 0.334. The monoisotopic (exact) mass is 582 g/mol. The molecule has 2 aromatic carbocycles. The number of likely N-dealkylation sites (tertiary alicyclic amines) is 1. The molecule has 0 radical (unpaired) electrons. The Morgan fingerprint density at radius 3 is 2.81 bits per heavy atom. The molecule has 10 heteroatoms. The number of aromatic nitrogens is 1. The Kier molecular flexibility index (Phi) is 8.11. The van der Waals surface area contributed by atoms with Crippen molar-refractivity contribution >= 4 is 28.7 Å². The molecule has 6 rings (SSSR count). The van der Waals surface area contributed by atoms with E-state index in [4.69, 9.17) is 13.9 Å². The fraction of sp³-hybridized carbons (Fsp3) is 0.333. The van der Waals surface area contributed by atoms with Crippen LogP contribution in [0.15, 0.2) is 65.3 Å². The van der Waals surface area contributed by atoms with Crippen LogP contribution in [0, 0.1) is 13.8 Å². The number of furan rings is 1. The standard InChI is InChI=1S/C33H34N4O6/c1-20-8-9-26-21(2)31(43-29(26)13-20)33(40)37-12-10-28-27(18-37)36-30(38)7-4-11-35-32(39)23-15-25(17-34-16-23)42-24-6-3-5-22(14-24)19-41-28/h3,5-6,8-9,13-17,27-28H,4,7,10-12,18-19H2,1-2H3,(H,35,39)(H,36,38)/t27-,28-/m0/s1. The van der Waals surface area contributed by atoms with Gasteiger partial charge in [0.15, 0.2) is 5.76 Å². The zero-order valence-electron chi connectivity index (χ0n) is 24.2. The smallest absolute Gasteiger partial charge is 0.289 e. The van der Waals surface area contributed by atoms with Crippen molar-refractivity contribution in [3.8, 4) is 11.5 Å². The summed E-state index contributed by atoms with van der Waals surface area (Å²) in [5, 5.41) is 6.85. The molecule has 0 saturated carbocycles. The van der Waals surface area contributed by atoms with Crippen LogP contribution in [0.25, 0.3) is 11.0 Å². The van der Waals surface area contributed by atoms with E-state index in [0.717, 1.165) is 22.1 Å². The molecule has 4 heterocycles. The SMILES string of the molecule is Cc1ccc2c(C)c(C(=O)N3CC[C@@H]4OCc5cccc(c5)Oc5cncc(c5)C(=O)NCCCC(=O)N[C@H]4C3)oc2c1. The van der Waals surface area contributed by atoms with Crippen LogP contribution < -0.4 is 15.4 Å². The molecule has 43 heavy (non-hydrogen) atoms. The second-order valence-corrected chi connectivity index (χ2v) is 11.1. The van der Waals surface area contributed by atoms with Crippen LogP contribution in [0.1, 0.15) is 56.9 Å². The van der Waals surface area contributed by atoms with Crippen LogP contribution in [0.2, 0.25) is 0 Å². The first kappa shape index (κ1) is 28.4. The van der Waals surface area contributed by atoms with Crippen LogP contribution in [0.4, 0.5) is 0 Å². The van der Waals surface area contributed by atoms with E-state index in [-0.39, 0.29) is 36.8 Å². The van der Waals surface area contributed by atoms with Crippen LogP contribution in [0.3, 0.4) is 0 Å². The zero-order valence-corrected chi connectivity index (χ0v) is 24.2. The molecule has 2 aliphatic rings. The number of benzene rings is 2. The second kappa shape index (κ2) is 12.3. The normalized spacial score (nSPS) is 19.8. The Morgan fingerprint density at radius 2 is 1.93 bits per heavy atom. The molecule has 1 fully saturated rings. The minimum atomic E-state index is -0.420. The van der Waals surface area contributed by atoms with Gasteiger partial charge >= 0.3 is 0 Å². The van der Waals surface area contributed by atoms with Crippen molar-refractivity contribution in [2.45, 2.75) is 51.9 Å². The third-order valence-corrected chi connectivity index (χ3v) is 7.91. The Bertz CT molecular complexity index is 1680. The fourth-order valence-corrected chi connectivity index (χ4v) is 5.60. The molecule has 10 nitrogen and oxygen atoms in total. The van der Waals surface area contributed by atoms with Crippen LogP contribution in [-0.4, -0.2) is 59.4 Å². The van der Waals surface area contributed by atoms with Crippen molar-refractivity contribution in [1.29, 1.82) is 0 Å². The van der Waals surface area contributed by atoms with E-state index in [9.17, 15) is 14.4 Å². The second-order valence-electron chi connectivity index (χ2n) is 11.1. The van der Waals surface area contributed by atoms with Crippen molar-refractivity contribution in [2.75, 3.05) is 19.6 Å². The minimum Gasteiger partial charge on any atom is -0.456 e. The van der Waals surface area contributed by atoms with Crippen LogP contribution >= 0.6 is 0 Å². The van der Waals surface area contributed by atoms with Crippen LogP contribution in [-0.2, 0) is 16.1 Å². The summed E-state index contributed by atoms with van der Waals surface area (Å²) in [6.45, 7) is 5.24. The lowest BCUT2D eigenvalue weighted by molar-refractivity contribution is -0.124. The molecule has 4 bridgehead atoms. The number of pyridine rings is 1. The molecule has 1 saturated heterocycles. The number of hydrogen-bond acceptors (Lipinski definition) is 7. The van der Waals surface area contributed by atoms with E-state index in [1.54, 1.807) is 17.2 Å². The molecular formula is C33H34N4O6. The highest BCUT2D eigenvalue weighted by Gasteiger charge is 2.35. The minimum absolute atomic E-state index is 0.169. The number of fused-ring (bicyclic) bond motifs is 6. The maximum atomic E-state index is 13.7. The van der Waals surface area contributed by atoms with Gasteiger partial charge in [-0.1, -0.05) is 24.3 Å². The summed E-state index contributed by atoms with van der Waals surface area (Å²) in [7, 11) is 0. The van der Waals surface area contributed by atoms with Crippen molar-refractivity contribution in [1.82, 2.24) is 20.5 Å². The summed E-state index contributed by atoms with van der Waals surface area (Å²) >= 11 is 0. The van der Waals surface area contributed by atoms with Crippen molar-refractivity contribution in [3.63, 3.8) is 0 Å². The third-order valence-electron chi connectivity index (χ3n) is 7.91. The van der Waals surface area contributed by atoms with Gasteiger partial charge in [0.2, 0.25) is 5.91 Å². The Hall–Kier alpha value is -4.70. The lowest BCUT2D eigenvalue weighted by Gasteiger charge is -2.38. The van der Waals surface area contributed by atoms with Crippen LogP contribution in [0.5, 0.6) is 11.5 Å². The van der Waals surface area contributed by atoms with E-state index in [2.05, 4.69) is 15.6 Å². The highest BCUT2D eigenvalue weighted by Crippen LogP contribution is 2.29.